The Bertz CT molecular complexity index is 2080. The molecule has 0 saturated carbocycles. The molecule has 0 saturated heterocycles. The van der Waals surface area contributed by atoms with E-state index in [4.69, 9.17) is 34.3 Å². The molecule has 6 atom stereocenters. The largest absolute Gasteiger partial charge is 0.507 e. The van der Waals surface area contributed by atoms with Gasteiger partial charge in [-0.25, -0.2) is 9.79 Å². The molecule has 4 aliphatic rings. The highest BCUT2D eigenvalue weighted by Gasteiger charge is 2.72. The minimum Gasteiger partial charge on any atom is -0.507 e. The van der Waals surface area contributed by atoms with E-state index in [1.165, 1.54) is 27.2 Å². The van der Waals surface area contributed by atoms with Gasteiger partial charge < -0.3 is 49.8 Å². The third-order valence-corrected chi connectivity index (χ3v) is 10.3. The van der Waals surface area contributed by atoms with Gasteiger partial charge in [-0.1, -0.05) is 6.07 Å². The van der Waals surface area contributed by atoms with Crippen molar-refractivity contribution in [2.75, 3.05) is 41.6 Å². The molecule has 0 radical (unpaired) electrons. The number of rotatable bonds is 9. The molecule has 18 nitrogen and oxygen atoms in total. The number of nitrogens with zero attached hydrogens (tertiary/aromatic N) is 1. The number of aliphatic hydroxyl groups is 2. The van der Waals surface area contributed by atoms with Crippen LogP contribution in [0.15, 0.2) is 28.6 Å². The predicted molar refractivity (Wildman–Crippen MR) is 182 cm³/mol. The maximum absolute atomic E-state index is 14.7. The lowest BCUT2D eigenvalue weighted by Gasteiger charge is -2.52. The number of benzene rings is 2. The number of nitrogens with one attached hydrogen (secondary N) is 1. The molecule has 7 N–H and O–H groups in total. The second-order valence-corrected chi connectivity index (χ2v) is 13.1. The summed E-state index contributed by atoms with van der Waals surface area (Å²) in [6, 6.07) is 2.19. The standard InChI is InChI=1S/C36H39N3O15/c1-13-9-15-10-20(41)36(52-6)32(46)23-17(31(45)35(36,48)24(15)28(44)21(13)34(47)51-5)11-16-22(27(23)43)19(40)12-18(26(16)42)38-33-30(50-4)25(39-53-8-7-37)29(49-3)14(2)54-33/h9,11,14,20,29,33,39,41,43-44,48H,7-8,10,12,37H2,1-6H3/t14?,20-,29?,33?,35+,36-/m1/s1. The van der Waals surface area contributed by atoms with Crippen LogP contribution >= 0.6 is 0 Å². The Labute approximate surface area is 307 Å². The number of nitrogens with two attached hydrogens (primary N) is 1. The molecule has 54 heavy (non-hydrogen) atoms. The highest BCUT2D eigenvalue weighted by molar-refractivity contribution is 6.53. The number of hydroxylamine groups is 1. The molecular weight excluding hydrogens is 714 g/mol. The first-order valence-corrected chi connectivity index (χ1v) is 16.7. The minimum absolute atomic E-state index is 0.00510. The molecular formula is C36H39N3O15. The van der Waals surface area contributed by atoms with Crippen LogP contribution in [0.1, 0.15) is 81.8 Å². The number of hydrogen-bond acceptors (Lipinski definition) is 18. The number of esters is 1. The van der Waals surface area contributed by atoms with E-state index in [2.05, 4.69) is 10.5 Å². The number of carbonyl (C=O) groups excluding carboxylic acids is 5. The summed E-state index contributed by atoms with van der Waals surface area (Å²) in [5.74, 6) is -7.51. The van der Waals surface area contributed by atoms with E-state index in [-0.39, 0.29) is 41.4 Å². The Morgan fingerprint density at radius 3 is 2.37 bits per heavy atom. The van der Waals surface area contributed by atoms with Gasteiger partial charge in [0.15, 0.2) is 22.7 Å². The number of carbonyl (C=O) groups is 5. The first kappa shape index (κ1) is 38.6. The van der Waals surface area contributed by atoms with Crippen LogP contribution < -0.4 is 11.2 Å². The summed E-state index contributed by atoms with van der Waals surface area (Å²) in [4.78, 5) is 79.5. The molecule has 0 fully saturated rings. The molecule has 18 heteroatoms. The Morgan fingerprint density at radius 1 is 1.06 bits per heavy atom. The van der Waals surface area contributed by atoms with Crippen molar-refractivity contribution in [1.29, 1.82) is 0 Å². The van der Waals surface area contributed by atoms with E-state index < -0.39 is 123 Å². The van der Waals surface area contributed by atoms with E-state index in [1.807, 2.05) is 0 Å². The number of phenols is 2. The van der Waals surface area contributed by atoms with E-state index in [0.717, 1.165) is 20.3 Å². The van der Waals surface area contributed by atoms with Crippen molar-refractivity contribution in [2.24, 2.45) is 10.7 Å². The fourth-order valence-electron chi connectivity index (χ4n) is 7.94. The SMILES string of the molecule is COC(=O)c1c(C)cc2c(c1O)[C@]1(O)C(=O)c3cc4c(c(O)c3C(=O)[C@]1(OC)[C@H](O)C2)C(=O)CC(=NC1OC(C)C(OC)C(NOCCN)=C1OC)C4=O. The molecule has 0 spiro atoms. The molecule has 0 bridgehead atoms. The number of hydrogen-bond donors (Lipinski definition) is 6. The number of aromatic hydroxyl groups is 2. The molecule has 2 aromatic carbocycles. The maximum Gasteiger partial charge on any atom is 0.341 e. The lowest BCUT2D eigenvalue weighted by Crippen LogP contribution is -2.73. The van der Waals surface area contributed by atoms with Gasteiger partial charge in [0, 0.05) is 43.9 Å². The van der Waals surface area contributed by atoms with Crippen molar-refractivity contribution in [3.05, 3.63) is 68.1 Å². The summed E-state index contributed by atoms with van der Waals surface area (Å²) < 4.78 is 27.4. The van der Waals surface area contributed by atoms with Crippen LogP contribution in [-0.4, -0.2) is 127 Å². The van der Waals surface area contributed by atoms with Crippen LogP contribution in [0.2, 0.25) is 0 Å². The number of ketones is 4. The van der Waals surface area contributed by atoms with Crippen molar-refractivity contribution in [2.45, 2.75) is 62.4 Å². The number of aliphatic imine (C=N–C) groups is 1. The zero-order valence-corrected chi connectivity index (χ0v) is 30.1. The third-order valence-electron chi connectivity index (χ3n) is 10.3. The van der Waals surface area contributed by atoms with Gasteiger partial charge in [-0.15, -0.1) is 0 Å². The van der Waals surface area contributed by atoms with Crippen LogP contribution in [0, 0.1) is 6.92 Å². The summed E-state index contributed by atoms with van der Waals surface area (Å²) in [7, 11) is 4.71. The molecule has 3 unspecified atom stereocenters. The number of methoxy groups -OCH3 is 4. The number of aryl methyl sites for hydroxylation is 1. The topological polar surface area (TPSA) is 272 Å². The molecule has 1 aliphatic heterocycles. The first-order chi connectivity index (χ1) is 25.6. The molecule has 2 aromatic rings. The van der Waals surface area contributed by atoms with Gasteiger partial charge in [-0.3, -0.25) is 29.5 Å². The summed E-state index contributed by atoms with van der Waals surface area (Å²) in [5, 5.41) is 47.0. The van der Waals surface area contributed by atoms with Crippen LogP contribution in [0.5, 0.6) is 11.5 Å². The highest BCUT2D eigenvalue weighted by atomic mass is 16.7. The van der Waals surface area contributed by atoms with Gasteiger partial charge >= 0.3 is 5.97 Å². The van der Waals surface area contributed by atoms with Crippen molar-refractivity contribution >= 4 is 34.8 Å². The lowest BCUT2D eigenvalue weighted by atomic mass is 9.56. The fraction of sp³-hybridized carbons (Fsp3) is 0.444. The van der Waals surface area contributed by atoms with Gasteiger partial charge in [0.05, 0.1) is 56.3 Å². The maximum atomic E-state index is 14.7. The number of Topliss-reactive ketones (excluding diaryl/α,β-unsaturated/α-hetero) is 4. The Kier molecular flexibility index (Phi) is 9.99. The van der Waals surface area contributed by atoms with Gasteiger partial charge in [0.25, 0.3) is 0 Å². The molecule has 1 heterocycles. The second-order valence-electron chi connectivity index (χ2n) is 13.1. The van der Waals surface area contributed by atoms with Gasteiger partial charge in [0.1, 0.15) is 28.9 Å². The molecule has 0 aromatic heterocycles. The van der Waals surface area contributed by atoms with Gasteiger partial charge in [-0.05, 0) is 31.0 Å². The van der Waals surface area contributed by atoms with Crippen LogP contribution in [-0.2, 0) is 40.5 Å². The monoisotopic (exact) mass is 753 g/mol. The molecule has 288 valence electrons. The predicted octanol–water partition coefficient (Wildman–Crippen LogP) is 0.0696. The summed E-state index contributed by atoms with van der Waals surface area (Å²) in [6.45, 7) is 3.41. The number of fused-ring (bicyclic) bond motifs is 5. The fourth-order valence-corrected chi connectivity index (χ4v) is 7.94. The number of ether oxygens (including phenoxy) is 5. The zero-order chi connectivity index (χ0) is 39.6. The summed E-state index contributed by atoms with van der Waals surface area (Å²) in [6.07, 6.45) is -5.83. The van der Waals surface area contributed by atoms with Crippen molar-refractivity contribution in [1.82, 2.24) is 5.48 Å². The lowest BCUT2D eigenvalue weighted by molar-refractivity contribution is -0.181. The van der Waals surface area contributed by atoms with Crippen LogP contribution in [0.25, 0.3) is 0 Å². The van der Waals surface area contributed by atoms with Crippen molar-refractivity contribution in [3.63, 3.8) is 0 Å². The molecule has 0 amide bonds. The Balaban J connectivity index is 1.53. The zero-order valence-electron chi connectivity index (χ0n) is 30.1. The average molecular weight is 754 g/mol. The quantitative estimate of drug-likeness (QED) is 0.112. The Hall–Kier alpha value is -5.08. The third kappa shape index (κ3) is 5.20. The normalized spacial score (nSPS) is 28.4. The molecule has 6 rings (SSSR count). The number of phenolic OH excluding ortho intramolecular Hbond substituents is 2. The smallest absolute Gasteiger partial charge is 0.341 e. The van der Waals surface area contributed by atoms with E-state index in [1.54, 1.807) is 6.92 Å². The molecule has 3 aliphatic carbocycles. The number of aliphatic hydroxyl groups excluding tert-OH is 1. The van der Waals surface area contributed by atoms with E-state index >= 15 is 0 Å². The Morgan fingerprint density at radius 2 is 1.76 bits per heavy atom. The van der Waals surface area contributed by atoms with Crippen LogP contribution in [0.3, 0.4) is 0 Å². The average Bonchev–Trinajstić information content (AvgIpc) is 3.12. The minimum atomic E-state index is -3.24. The van der Waals surface area contributed by atoms with Gasteiger partial charge in [0.2, 0.25) is 23.6 Å². The van der Waals surface area contributed by atoms with Crippen molar-refractivity contribution in [3.8, 4) is 11.5 Å². The van der Waals surface area contributed by atoms with Gasteiger partial charge in [-0.2, -0.15) is 0 Å². The summed E-state index contributed by atoms with van der Waals surface area (Å²) in [5.41, 5.74) is -1.56. The van der Waals surface area contributed by atoms with Crippen LogP contribution in [0.4, 0.5) is 0 Å². The van der Waals surface area contributed by atoms with E-state index in [0.29, 0.717) is 0 Å². The summed E-state index contributed by atoms with van der Waals surface area (Å²) >= 11 is 0. The van der Waals surface area contributed by atoms with E-state index in [9.17, 15) is 44.4 Å². The van der Waals surface area contributed by atoms with Crippen molar-refractivity contribution < 1.29 is 72.9 Å². The highest BCUT2D eigenvalue weighted by Crippen LogP contribution is 2.56. The first-order valence-electron chi connectivity index (χ1n) is 16.7. The second kappa shape index (κ2) is 14.0.